The summed E-state index contributed by atoms with van der Waals surface area (Å²) in [6.07, 6.45) is 4.22. The Morgan fingerprint density at radius 1 is 0.955 bits per heavy atom. The predicted molar refractivity (Wildman–Crippen MR) is 89.5 cm³/mol. The molecule has 1 unspecified atom stereocenters. The molecule has 3 rings (SSSR count). The molecule has 0 amide bonds. The van der Waals surface area contributed by atoms with Crippen LogP contribution in [0.1, 0.15) is 36.3 Å². The summed E-state index contributed by atoms with van der Waals surface area (Å²) in [6, 6.07) is 17.4. The van der Waals surface area contributed by atoms with Crippen LogP contribution in [0.2, 0.25) is 0 Å². The van der Waals surface area contributed by atoms with E-state index in [0.29, 0.717) is 22.1 Å². The highest BCUT2D eigenvalue weighted by molar-refractivity contribution is 7.95. The van der Waals surface area contributed by atoms with Crippen molar-refractivity contribution in [3.05, 3.63) is 76.7 Å². The number of hydrogen-bond donors (Lipinski definition) is 0. The van der Waals surface area contributed by atoms with Gasteiger partial charge in [0.25, 0.3) is 0 Å². The smallest absolute Gasteiger partial charge is 0.202 e. The van der Waals surface area contributed by atoms with E-state index in [1.54, 1.807) is 12.1 Å². The predicted octanol–water partition coefficient (Wildman–Crippen LogP) is 4.62. The van der Waals surface area contributed by atoms with Crippen LogP contribution in [-0.4, -0.2) is 8.42 Å². The summed E-state index contributed by atoms with van der Waals surface area (Å²) in [6.45, 7) is 1.96. The number of sulfone groups is 1. The molecule has 2 aromatic carbocycles. The van der Waals surface area contributed by atoms with Crippen LogP contribution in [0.4, 0.5) is 0 Å². The van der Waals surface area contributed by atoms with Gasteiger partial charge in [-0.15, -0.1) is 0 Å². The molecule has 0 saturated heterocycles. The zero-order valence-electron chi connectivity index (χ0n) is 12.7. The lowest BCUT2D eigenvalue weighted by Crippen LogP contribution is -2.11. The largest absolute Gasteiger partial charge is 0.219 e. The fourth-order valence-corrected chi connectivity index (χ4v) is 4.45. The summed E-state index contributed by atoms with van der Waals surface area (Å²) in [7, 11) is -3.32. The summed E-state index contributed by atoms with van der Waals surface area (Å²) < 4.78 is 25.3. The minimum atomic E-state index is -3.32. The highest BCUT2D eigenvalue weighted by Gasteiger charge is 2.25. The molecule has 2 nitrogen and oxygen atoms in total. The molecular formula is C19H20O2S. The van der Waals surface area contributed by atoms with Gasteiger partial charge in [-0.1, -0.05) is 54.1 Å². The molecule has 0 fully saturated rings. The molecule has 0 heterocycles. The van der Waals surface area contributed by atoms with Crippen LogP contribution in [0, 0.1) is 6.92 Å². The number of rotatable bonds is 3. The lowest BCUT2D eigenvalue weighted by Gasteiger charge is -2.22. The van der Waals surface area contributed by atoms with Gasteiger partial charge in [0, 0.05) is 4.91 Å². The SMILES string of the molecule is Cc1ccc(S(=O)(=O)C2=CCC(c3ccccc3)CC2)cc1. The van der Waals surface area contributed by atoms with Gasteiger partial charge < -0.3 is 0 Å². The van der Waals surface area contributed by atoms with Crippen LogP contribution in [0.15, 0.2) is 70.5 Å². The van der Waals surface area contributed by atoms with Crippen LogP contribution < -0.4 is 0 Å². The molecule has 1 aliphatic rings. The summed E-state index contributed by atoms with van der Waals surface area (Å²) in [5.41, 5.74) is 2.37. The molecule has 2 aromatic rings. The third-order valence-corrected chi connectivity index (χ3v) is 6.27. The fraction of sp³-hybridized carbons (Fsp3) is 0.263. The van der Waals surface area contributed by atoms with Crippen LogP contribution in [0.25, 0.3) is 0 Å². The Morgan fingerprint density at radius 3 is 2.23 bits per heavy atom. The molecule has 0 aliphatic heterocycles. The molecule has 0 aromatic heterocycles. The number of aryl methyl sites for hydroxylation is 1. The zero-order chi connectivity index (χ0) is 15.6. The van der Waals surface area contributed by atoms with Crippen molar-refractivity contribution in [3.63, 3.8) is 0 Å². The van der Waals surface area contributed by atoms with E-state index in [2.05, 4.69) is 12.1 Å². The Morgan fingerprint density at radius 2 is 1.64 bits per heavy atom. The van der Waals surface area contributed by atoms with Crippen LogP contribution in [0.3, 0.4) is 0 Å². The summed E-state index contributed by atoms with van der Waals surface area (Å²) in [5.74, 6) is 0.429. The summed E-state index contributed by atoms with van der Waals surface area (Å²) in [5, 5.41) is 0. The Bertz CT molecular complexity index is 772. The van der Waals surface area contributed by atoms with Gasteiger partial charge in [0.1, 0.15) is 0 Å². The van der Waals surface area contributed by atoms with Gasteiger partial charge in [0.2, 0.25) is 9.84 Å². The van der Waals surface area contributed by atoms with Crippen LogP contribution in [-0.2, 0) is 9.84 Å². The van der Waals surface area contributed by atoms with Crippen LogP contribution >= 0.6 is 0 Å². The first kappa shape index (κ1) is 15.0. The van der Waals surface area contributed by atoms with Crippen molar-refractivity contribution in [2.75, 3.05) is 0 Å². The molecule has 0 radical (unpaired) electrons. The molecule has 1 atom stereocenters. The van der Waals surface area contributed by atoms with Gasteiger partial charge >= 0.3 is 0 Å². The van der Waals surface area contributed by atoms with Crippen molar-refractivity contribution < 1.29 is 8.42 Å². The minimum Gasteiger partial charge on any atom is -0.219 e. The zero-order valence-corrected chi connectivity index (χ0v) is 13.5. The molecule has 0 N–H and O–H groups in total. The van der Waals surface area contributed by atoms with E-state index in [9.17, 15) is 8.42 Å². The van der Waals surface area contributed by atoms with Gasteiger partial charge in [-0.2, -0.15) is 0 Å². The first-order valence-corrected chi connectivity index (χ1v) is 9.11. The van der Waals surface area contributed by atoms with E-state index in [0.717, 1.165) is 18.4 Å². The normalized spacial score (nSPS) is 18.8. The van der Waals surface area contributed by atoms with E-state index >= 15 is 0 Å². The highest BCUT2D eigenvalue weighted by Crippen LogP contribution is 2.35. The van der Waals surface area contributed by atoms with Gasteiger partial charge in [-0.3, -0.25) is 0 Å². The molecule has 22 heavy (non-hydrogen) atoms. The van der Waals surface area contributed by atoms with E-state index < -0.39 is 9.84 Å². The minimum absolute atomic E-state index is 0.405. The van der Waals surface area contributed by atoms with Gasteiger partial charge in [0.15, 0.2) is 0 Å². The van der Waals surface area contributed by atoms with E-state index in [-0.39, 0.29) is 0 Å². The van der Waals surface area contributed by atoms with Crippen molar-refractivity contribution in [2.45, 2.75) is 37.0 Å². The quantitative estimate of drug-likeness (QED) is 0.828. The van der Waals surface area contributed by atoms with Gasteiger partial charge in [-0.05, 0) is 49.8 Å². The second kappa shape index (κ2) is 6.09. The Labute approximate surface area is 132 Å². The molecular weight excluding hydrogens is 292 g/mol. The lowest BCUT2D eigenvalue weighted by molar-refractivity contribution is 0.580. The average molecular weight is 312 g/mol. The molecule has 0 saturated carbocycles. The van der Waals surface area contributed by atoms with Gasteiger partial charge in [0.05, 0.1) is 4.90 Å². The van der Waals surface area contributed by atoms with Gasteiger partial charge in [-0.25, -0.2) is 8.42 Å². The Hall–Kier alpha value is -1.87. The van der Waals surface area contributed by atoms with Crippen LogP contribution in [0.5, 0.6) is 0 Å². The molecule has 0 bridgehead atoms. The van der Waals surface area contributed by atoms with Crippen molar-refractivity contribution >= 4 is 9.84 Å². The van der Waals surface area contributed by atoms with Crippen molar-refractivity contribution in [1.82, 2.24) is 0 Å². The summed E-state index contributed by atoms with van der Waals surface area (Å²) in [4.78, 5) is 0.978. The van der Waals surface area contributed by atoms with Crippen molar-refractivity contribution in [3.8, 4) is 0 Å². The maximum atomic E-state index is 12.7. The van der Waals surface area contributed by atoms with Crippen molar-refractivity contribution in [2.24, 2.45) is 0 Å². The fourth-order valence-electron chi connectivity index (χ4n) is 2.95. The monoisotopic (exact) mass is 312 g/mol. The second-order valence-corrected chi connectivity index (χ2v) is 7.87. The van der Waals surface area contributed by atoms with E-state index in [1.807, 2.05) is 43.3 Å². The number of allylic oxidation sites excluding steroid dienone is 2. The maximum absolute atomic E-state index is 12.7. The second-order valence-electron chi connectivity index (χ2n) is 5.87. The number of hydrogen-bond acceptors (Lipinski definition) is 2. The standard InChI is InChI=1S/C19H20O2S/c1-15-7-11-18(12-8-15)22(20,21)19-13-9-17(10-14-19)16-5-3-2-4-6-16/h2-8,11-13,17H,9-10,14H2,1H3. The Balaban J connectivity index is 1.82. The molecule has 1 aliphatic carbocycles. The summed E-state index contributed by atoms with van der Waals surface area (Å²) >= 11 is 0. The first-order valence-electron chi connectivity index (χ1n) is 7.63. The average Bonchev–Trinajstić information content (AvgIpc) is 2.56. The molecule has 114 valence electrons. The maximum Gasteiger partial charge on any atom is 0.202 e. The third-order valence-electron chi connectivity index (χ3n) is 4.32. The van der Waals surface area contributed by atoms with E-state index in [1.165, 1.54) is 5.56 Å². The van der Waals surface area contributed by atoms with Crippen molar-refractivity contribution in [1.29, 1.82) is 0 Å². The topological polar surface area (TPSA) is 34.1 Å². The molecule has 3 heteroatoms. The number of benzene rings is 2. The Kier molecular flexibility index (Phi) is 4.16. The third kappa shape index (κ3) is 3.00. The first-order chi connectivity index (χ1) is 10.6. The molecule has 0 spiro atoms. The lowest BCUT2D eigenvalue weighted by atomic mass is 9.88. The highest BCUT2D eigenvalue weighted by atomic mass is 32.2. The van der Waals surface area contributed by atoms with E-state index in [4.69, 9.17) is 0 Å².